The number of amides is 1. The predicted molar refractivity (Wildman–Crippen MR) is 142 cm³/mol. The maximum atomic E-state index is 14.0. The van der Waals surface area contributed by atoms with Crippen molar-refractivity contribution in [3.63, 3.8) is 0 Å². The van der Waals surface area contributed by atoms with Gasteiger partial charge >= 0.3 is 5.97 Å². The molecule has 8 heteroatoms. The molecule has 1 aliphatic heterocycles. The molecule has 0 aromatic heterocycles. The van der Waals surface area contributed by atoms with Crippen LogP contribution in [0.5, 0.6) is 5.75 Å². The van der Waals surface area contributed by atoms with E-state index in [-0.39, 0.29) is 35.4 Å². The number of aliphatic hydroxyl groups is 1. The number of esters is 1. The minimum atomic E-state index is -0.782. The van der Waals surface area contributed by atoms with Gasteiger partial charge in [0.1, 0.15) is 34.5 Å². The van der Waals surface area contributed by atoms with Crippen molar-refractivity contribution >= 4 is 34.8 Å². The van der Waals surface area contributed by atoms with Crippen molar-refractivity contribution in [3.05, 3.63) is 117 Å². The average molecular weight is 518 g/mol. The number of carbonyl (C=O) groups excluding carboxylic acids is 2. The van der Waals surface area contributed by atoms with E-state index in [2.05, 4.69) is 4.99 Å². The highest BCUT2D eigenvalue weighted by Gasteiger charge is 2.34. The van der Waals surface area contributed by atoms with E-state index in [1.165, 1.54) is 6.07 Å². The van der Waals surface area contributed by atoms with E-state index in [9.17, 15) is 19.1 Å². The number of rotatable bonds is 7. The summed E-state index contributed by atoms with van der Waals surface area (Å²) < 4.78 is 25.0. The van der Waals surface area contributed by atoms with Crippen LogP contribution in [0.4, 0.5) is 4.39 Å². The van der Waals surface area contributed by atoms with Crippen LogP contribution in [0, 0.1) is 12.7 Å². The van der Waals surface area contributed by atoms with E-state index >= 15 is 0 Å². The number of aryl methyl sites for hydroxylation is 1. The Bertz CT molecular complexity index is 1430. The number of benzene rings is 3. The molecule has 188 valence electrons. The zero-order valence-electron chi connectivity index (χ0n) is 20.2. The molecule has 1 aliphatic rings. The van der Waals surface area contributed by atoms with E-state index in [1.807, 2.05) is 6.92 Å². The van der Waals surface area contributed by atoms with Crippen LogP contribution >= 0.6 is 11.8 Å². The second kappa shape index (κ2) is 11.7. The normalized spacial score (nSPS) is 15.3. The molecule has 0 bridgehead atoms. The molecular formula is C29H24FNO5S. The predicted octanol–water partition coefficient (Wildman–Crippen LogP) is 6.41. The average Bonchev–Trinajstić information content (AvgIpc) is 3.19. The van der Waals surface area contributed by atoms with Gasteiger partial charge in [-0.3, -0.25) is 4.79 Å². The summed E-state index contributed by atoms with van der Waals surface area (Å²) in [6.45, 7) is 3.65. The van der Waals surface area contributed by atoms with Gasteiger partial charge in [-0.1, -0.05) is 65.9 Å². The van der Waals surface area contributed by atoms with Gasteiger partial charge in [0.15, 0.2) is 0 Å². The minimum absolute atomic E-state index is 0.00760. The maximum Gasteiger partial charge on any atom is 0.344 e. The summed E-state index contributed by atoms with van der Waals surface area (Å²) in [5.41, 5.74) is 2.15. The Labute approximate surface area is 218 Å². The first kappa shape index (κ1) is 25.9. The molecule has 0 radical (unpaired) electrons. The smallest absolute Gasteiger partial charge is 0.344 e. The van der Waals surface area contributed by atoms with Gasteiger partial charge in [0, 0.05) is 16.7 Å². The third kappa shape index (κ3) is 6.16. The number of hydrogen-bond donors (Lipinski definition) is 1. The lowest BCUT2D eigenvalue weighted by atomic mass is 10.1. The van der Waals surface area contributed by atoms with Gasteiger partial charge < -0.3 is 14.6 Å². The minimum Gasteiger partial charge on any atom is -0.506 e. The van der Waals surface area contributed by atoms with Crippen LogP contribution < -0.4 is 4.74 Å². The van der Waals surface area contributed by atoms with E-state index < -0.39 is 11.9 Å². The molecule has 0 unspecified atom stereocenters. The van der Waals surface area contributed by atoms with Gasteiger partial charge in [-0.2, -0.15) is 0 Å². The lowest BCUT2D eigenvalue weighted by molar-refractivity contribution is -0.138. The van der Waals surface area contributed by atoms with Crippen molar-refractivity contribution in [2.75, 3.05) is 6.61 Å². The Morgan fingerprint density at radius 3 is 2.46 bits per heavy atom. The molecule has 0 fully saturated rings. The Morgan fingerprint density at radius 2 is 1.73 bits per heavy atom. The van der Waals surface area contributed by atoms with Crippen molar-refractivity contribution in [2.45, 2.75) is 20.5 Å². The van der Waals surface area contributed by atoms with Crippen LogP contribution in [0.1, 0.15) is 34.0 Å². The molecular weight excluding hydrogens is 493 g/mol. The summed E-state index contributed by atoms with van der Waals surface area (Å²) in [6.07, 6.45) is 1.62. The first-order valence-electron chi connectivity index (χ1n) is 11.5. The Kier molecular flexibility index (Phi) is 8.20. The summed E-state index contributed by atoms with van der Waals surface area (Å²) in [5, 5.41) is 11.0. The quantitative estimate of drug-likeness (QED) is 0.364. The van der Waals surface area contributed by atoms with Gasteiger partial charge in [-0.05, 0) is 44.2 Å². The molecule has 0 atom stereocenters. The fourth-order valence-corrected chi connectivity index (χ4v) is 4.49. The summed E-state index contributed by atoms with van der Waals surface area (Å²) in [6, 6.07) is 20.2. The molecule has 4 rings (SSSR count). The molecule has 37 heavy (non-hydrogen) atoms. The van der Waals surface area contributed by atoms with Crippen LogP contribution in [0.3, 0.4) is 0 Å². The standard InChI is InChI=1S/C29H24FNO5S/c1-3-35-29(34)25-26(32)24(37-28(25)31-27(33)19-14-12-18(2)13-15-19)16-20-8-5-7-11-23(20)36-17-21-9-4-6-10-22(21)30/h4-16,32H,3,17H2,1-2H3/b24-16-,31-28?. The molecule has 0 saturated heterocycles. The molecule has 1 N–H and O–H groups in total. The molecule has 0 aliphatic carbocycles. The zero-order chi connectivity index (χ0) is 26.4. The van der Waals surface area contributed by atoms with Crippen LogP contribution in [0.25, 0.3) is 6.08 Å². The monoisotopic (exact) mass is 517 g/mol. The first-order valence-corrected chi connectivity index (χ1v) is 12.3. The third-order valence-corrected chi connectivity index (χ3v) is 6.44. The molecule has 1 amide bonds. The Balaban J connectivity index is 1.66. The van der Waals surface area contributed by atoms with Gasteiger partial charge in [0.25, 0.3) is 5.91 Å². The molecule has 3 aromatic carbocycles. The topological polar surface area (TPSA) is 85.2 Å². The number of carbonyl (C=O) groups is 2. The van der Waals surface area contributed by atoms with Crippen LogP contribution in [-0.2, 0) is 16.1 Å². The van der Waals surface area contributed by atoms with Crippen molar-refractivity contribution in [1.29, 1.82) is 0 Å². The van der Waals surface area contributed by atoms with Crippen LogP contribution in [0.15, 0.2) is 94.0 Å². The fourth-order valence-electron chi connectivity index (χ4n) is 3.49. The van der Waals surface area contributed by atoms with Crippen molar-refractivity contribution in [1.82, 2.24) is 0 Å². The highest BCUT2D eigenvalue weighted by molar-refractivity contribution is 8.18. The van der Waals surface area contributed by atoms with Crippen molar-refractivity contribution in [3.8, 4) is 5.75 Å². The van der Waals surface area contributed by atoms with Crippen molar-refractivity contribution in [2.24, 2.45) is 4.99 Å². The van der Waals surface area contributed by atoms with Gasteiger partial charge in [-0.25, -0.2) is 14.2 Å². The number of aliphatic imine (C=N–C) groups is 1. The summed E-state index contributed by atoms with van der Waals surface area (Å²) >= 11 is 0.977. The highest BCUT2D eigenvalue weighted by Crippen LogP contribution is 2.40. The molecule has 6 nitrogen and oxygen atoms in total. The van der Waals surface area contributed by atoms with Gasteiger partial charge in [-0.15, -0.1) is 0 Å². The summed E-state index contributed by atoms with van der Waals surface area (Å²) in [5.74, 6) is -1.60. The summed E-state index contributed by atoms with van der Waals surface area (Å²) in [7, 11) is 0. The fraction of sp³-hybridized carbons (Fsp3) is 0.138. The number of nitrogens with zero attached hydrogens (tertiary/aromatic N) is 1. The zero-order valence-corrected chi connectivity index (χ0v) is 21.0. The Hall–Kier alpha value is -4.17. The molecule has 0 spiro atoms. The molecule has 0 saturated carbocycles. The SMILES string of the molecule is CCOC(=O)C1=C(O)/C(=C/c2ccccc2OCc2ccccc2F)SC1=NC(=O)c1ccc(C)cc1. The van der Waals surface area contributed by atoms with Gasteiger partial charge in [0.2, 0.25) is 0 Å². The van der Waals surface area contributed by atoms with Gasteiger partial charge in [0.05, 0.1) is 11.5 Å². The van der Waals surface area contributed by atoms with Crippen molar-refractivity contribution < 1.29 is 28.6 Å². The largest absolute Gasteiger partial charge is 0.506 e. The van der Waals surface area contributed by atoms with Crippen LogP contribution in [0.2, 0.25) is 0 Å². The number of thioether (sulfide) groups is 1. The number of hydrogen-bond acceptors (Lipinski definition) is 6. The maximum absolute atomic E-state index is 14.0. The number of aliphatic hydroxyl groups excluding tert-OH is 1. The summed E-state index contributed by atoms with van der Waals surface area (Å²) in [4.78, 5) is 29.8. The van der Waals surface area contributed by atoms with Crippen LogP contribution in [-0.4, -0.2) is 28.6 Å². The lowest BCUT2D eigenvalue weighted by Gasteiger charge is -2.10. The molecule has 1 heterocycles. The second-order valence-electron chi connectivity index (χ2n) is 8.06. The number of ether oxygens (including phenoxy) is 2. The third-order valence-electron chi connectivity index (χ3n) is 5.42. The number of halogens is 1. The first-order chi connectivity index (χ1) is 17.9. The van der Waals surface area contributed by atoms with E-state index in [1.54, 1.807) is 79.7 Å². The van der Waals surface area contributed by atoms with E-state index in [4.69, 9.17) is 9.47 Å². The van der Waals surface area contributed by atoms with E-state index in [0.717, 1.165) is 17.3 Å². The lowest BCUT2D eigenvalue weighted by Crippen LogP contribution is -2.14. The Morgan fingerprint density at radius 1 is 1.03 bits per heavy atom. The highest BCUT2D eigenvalue weighted by atomic mass is 32.2. The second-order valence-corrected chi connectivity index (χ2v) is 9.09. The van der Waals surface area contributed by atoms with E-state index in [0.29, 0.717) is 27.3 Å². The molecule has 3 aromatic rings. The number of para-hydroxylation sites is 1.